The molecule has 0 bridgehead atoms. The Morgan fingerprint density at radius 3 is 2.23 bits per heavy atom. The highest BCUT2D eigenvalue weighted by atomic mass is 16.1. The van der Waals surface area contributed by atoms with Crippen molar-refractivity contribution in [3.63, 3.8) is 0 Å². The summed E-state index contributed by atoms with van der Waals surface area (Å²) in [5.74, 6) is 1.22. The lowest BCUT2D eigenvalue weighted by atomic mass is 9.76. The lowest BCUT2D eigenvalue weighted by Crippen LogP contribution is -2.23. The molecule has 3 rings (SSSR count). The maximum Gasteiger partial charge on any atom is 0.136 e. The number of rotatable bonds is 4. The van der Waals surface area contributed by atoms with Gasteiger partial charge in [0.2, 0.25) is 0 Å². The number of Topliss-reactive ketones (excluding diaryl/α,β-unsaturated/α-hetero) is 1. The zero-order valence-corrected chi connectivity index (χ0v) is 13.3. The van der Waals surface area contributed by atoms with Crippen LogP contribution in [0.5, 0.6) is 0 Å². The first-order valence-corrected chi connectivity index (χ1v) is 8.46. The highest BCUT2D eigenvalue weighted by Gasteiger charge is 2.28. The number of carbonyl (C=O) groups excluding carboxylic acids is 1. The second-order valence-electron chi connectivity index (χ2n) is 6.42. The molecule has 2 aromatic carbocycles. The fraction of sp³-hybridized carbons (Fsp3) is 0.381. The molecule has 2 atom stereocenters. The molecule has 0 radical (unpaired) electrons. The smallest absolute Gasteiger partial charge is 0.136 e. The molecule has 0 amide bonds. The van der Waals surface area contributed by atoms with Gasteiger partial charge in [0.15, 0.2) is 0 Å². The van der Waals surface area contributed by atoms with E-state index in [1.54, 1.807) is 0 Å². The molecule has 0 N–H and O–H groups in total. The average Bonchev–Trinajstić information content (AvgIpc) is 2.58. The maximum absolute atomic E-state index is 12.3. The molecule has 1 fully saturated rings. The summed E-state index contributed by atoms with van der Waals surface area (Å²) in [6.45, 7) is 2.17. The number of hydrogen-bond acceptors (Lipinski definition) is 1. The highest BCUT2D eigenvalue weighted by Crippen LogP contribution is 2.36. The molecule has 1 aliphatic carbocycles. The van der Waals surface area contributed by atoms with Crippen LogP contribution in [0.1, 0.15) is 50.5 Å². The standard InChI is InChI=1S/C21H24O/c1-2-6-19-13-14-20(15-21(19)22)18-11-9-17(10-12-18)16-7-4-3-5-8-16/h3-5,7-12,19-20H,2,6,13-15H2,1H3/t19-,20+/m0/s1. The summed E-state index contributed by atoms with van der Waals surface area (Å²) < 4.78 is 0. The Bertz CT molecular complexity index is 612. The monoisotopic (exact) mass is 292 g/mol. The van der Waals surface area contributed by atoms with Crippen molar-refractivity contribution in [1.82, 2.24) is 0 Å². The van der Waals surface area contributed by atoms with E-state index in [1.807, 2.05) is 6.07 Å². The quantitative estimate of drug-likeness (QED) is 0.716. The summed E-state index contributed by atoms with van der Waals surface area (Å²) in [4.78, 5) is 12.3. The lowest BCUT2D eigenvalue weighted by molar-refractivity contribution is -0.125. The third-order valence-electron chi connectivity index (χ3n) is 4.89. The van der Waals surface area contributed by atoms with Crippen LogP contribution in [0.25, 0.3) is 11.1 Å². The van der Waals surface area contributed by atoms with Crippen molar-refractivity contribution >= 4 is 5.78 Å². The Kier molecular flexibility index (Phi) is 4.72. The normalized spacial score (nSPS) is 21.8. The third kappa shape index (κ3) is 3.30. The molecule has 1 aliphatic rings. The van der Waals surface area contributed by atoms with Crippen molar-refractivity contribution in [2.24, 2.45) is 5.92 Å². The minimum absolute atomic E-state index is 0.324. The van der Waals surface area contributed by atoms with Crippen molar-refractivity contribution in [3.8, 4) is 11.1 Å². The molecular formula is C21H24O. The number of benzene rings is 2. The van der Waals surface area contributed by atoms with Gasteiger partial charge in [-0.05, 0) is 41.9 Å². The fourth-order valence-electron chi connectivity index (χ4n) is 3.59. The van der Waals surface area contributed by atoms with Crippen LogP contribution < -0.4 is 0 Å². The molecule has 1 heteroatoms. The third-order valence-corrected chi connectivity index (χ3v) is 4.89. The summed E-state index contributed by atoms with van der Waals surface area (Å²) in [7, 11) is 0. The summed E-state index contributed by atoms with van der Waals surface area (Å²) in [5, 5.41) is 0. The molecule has 0 aromatic heterocycles. The molecule has 0 spiro atoms. The molecule has 22 heavy (non-hydrogen) atoms. The van der Waals surface area contributed by atoms with Gasteiger partial charge >= 0.3 is 0 Å². The van der Waals surface area contributed by atoms with E-state index in [0.29, 0.717) is 17.6 Å². The van der Waals surface area contributed by atoms with E-state index >= 15 is 0 Å². The largest absolute Gasteiger partial charge is 0.299 e. The number of carbonyl (C=O) groups is 1. The Labute approximate surface area is 133 Å². The van der Waals surface area contributed by atoms with Crippen molar-refractivity contribution in [2.45, 2.75) is 44.9 Å². The molecular weight excluding hydrogens is 268 g/mol. The van der Waals surface area contributed by atoms with Crippen LogP contribution >= 0.6 is 0 Å². The van der Waals surface area contributed by atoms with Gasteiger partial charge in [-0.3, -0.25) is 4.79 Å². The molecule has 1 nitrogen and oxygen atoms in total. The van der Waals surface area contributed by atoms with E-state index in [4.69, 9.17) is 0 Å². The topological polar surface area (TPSA) is 17.1 Å². The van der Waals surface area contributed by atoms with Gasteiger partial charge in [-0.2, -0.15) is 0 Å². The SMILES string of the molecule is CCC[C@H]1CC[C@@H](c2ccc(-c3ccccc3)cc2)CC1=O. The van der Waals surface area contributed by atoms with Crippen molar-refractivity contribution in [3.05, 3.63) is 60.2 Å². The van der Waals surface area contributed by atoms with E-state index < -0.39 is 0 Å². The first-order valence-electron chi connectivity index (χ1n) is 8.46. The van der Waals surface area contributed by atoms with Crippen LogP contribution in [-0.2, 0) is 4.79 Å². The van der Waals surface area contributed by atoms with Crippen molar-refractivity contribution < 1.29 is 4.79 Å². The molecule has 0 heterocycles. The van der Waals surface area contributed by atoms with Crippen molar-refractivity contribution in [1.29, 1.82) is 0 Å². The van der Waals surface area contributed by atoms with Gasteiger partial charge in [-0.25, -0.2) is 0 Å². The summed E-state index contributed by atoms with van der Waals surface area (Å²) >= 11 is 0. The molecule has 0 aliphatic heterocycles. The lowest BCUT2D eigenvalue weighted by Gasteiger charge is -2.27. The minimum atomic E-state index is 0.324. The summed E-state index contributed by atoms with van der Waals surface area (Å²) in [5.41, 5.74) is 3.81. The molecule has 2 aromatic rings. The molecule has 0 saturated heterocycles. The maximum atomic E-state index is 12.3. The van der Waals surface area contributed by atoms with Gasteiger partial charge in [-0.1, -0.05) is 67.9 Å². The first-order chi connectivity index (χ1) is 10.8. The zero-order chi connectivity index (χ0) is 15.4. The minimum Gasteiger partial charge on any atom is -0.299 e. The second kappa shape index (κ2) is 6.91. The van der Waals surface area contributed by atoms with Crippen LogP contribution in [0.4, 0.5) is 0 Å². The van der Waals surface area contributed by atoms with E-state index in [-0.39, 0.29) is 0 Å². The predicted octanol–water partition coefficient (Wildman–Crippen LogP) is 5.61. The summed E-state index contributed by atoms with van der Waals surface area (Å²) in [6.07, 6.45) is 5.14. The van der Waals surface area contributed by atoms with Gasteiger partial charge in [0, 0.05) is 12.3 Å². The van der Waals surface area contributed by atoms with E-state index in [9.17, 15) is 4.79 Å². The Hall–Kier alpha value is -1.89. The van der Waals surface area contributed by atoms with Gasteiger partial charge in [-0.15, -0.1) is 0 Å². The first kappa shape index (κ1) is 15.0. The van der Waals surface area contributed by atoms with Crippen LogP contribution in [-0.4, -0.2) is 5.78 Å². The predicted molar refractivity (Wildman–Crippen MR) is 91.9 cm³/mol. The molecule has 0 unspecified atom stereocenters. The highest BCUT2D eigenvalue weighted by molar-refractivity contribution is 5.82. The van der Waals surface area contributed by atoms with Crippen LogP contribution in [0.2, 0.25) is 0 Å². The van der Waals surface area contributed by atoms with Gasteiger partial charge in [0.25, 0.3) is 0 Å². The van der Waals surface area contributed by atoms with Gasteiger partial charge in [0.05, 0.1) is 0 Å². The van der Waals surface area contributed by atoms with Crippen LogP contribution in [0.15, 0.2) is 54.6 Å². The zero-order valence-electron chi connectivity index (χ0n) is 13.3. The second-order valence-corrected chi connectivity index (χ2v) is 6.42. The van der Waals surface area contributed by atoms with Crippen LogP contribution in [0, 0.1) is 5.92 Å². The van der Waals surface area contributed by atoms with Crippen LogP contribution in [0.3, 0.4) is 0 Å². The van der Waals surface area contributed by atoms with Gasteiger partial charge < -0.3 is 0 Å². The fourth-order valence-corrected chi connectivity index (χ4v) is 3.59. The number of ketones is 1. The summed E-state index contributed by atoms with van der Waals surface area (Å²) in [6, 6.07) is 19.2. The van der Waals surface area contributed by atoms with E-state index in [0.717, 1.165) is 32.1 Å². The Morgan fingerprint density at radius 2 is 1.59 bits per heavy atom. The molecule has 114 valence electrons. The van der Waals surface area contributed by atoms with Crippen molar-refractivity contribution in [2.75, 3.05) is 0 Å². The Morgan fingerprint density at radius 1 is 0.909 bits per heavy atom. The number of hydrogen-bond donors (Lipinski definition) is 0. The average molecular weight is 292 g/mol. The molecule has 1 saturated carbocycles. The van der Waals surface area contributed by atoms with E-state index in [1.165, 1.54) is 16.7 Å². The van der Waals surface area contributed by atoms with E-state index in [2.05, 4.69) is 55.5 Å². The Balaban J connectivity index is 1.70. The van der Waals surface area contributed by atoms with Gasteiger partial charge in [0.1, 0.15) is 5.78 Å².